The number of hydrogen-bond acceptors (Lipinski definition) is 4. The van der Waals surface area contributed by atoms with Crippen LogP contribution in [-0.2, 0) is 6.18 Å². The van der Waals surface area contributed by atoms with Crippen LogP contribution < -0.4 is 5.56 Å². The lowest BCUT2D eigenvalue weighted by Crippen LogP contribution is -2.32. The smallest absolute Gasteiger partial charge is 0.417 e. The summed E-state index contributed by atoms with van der Waals surface area (Å²) in [5, 5.41) is 12.4. The van der Waals surface area contributed by atoms with Crippen molar-refractivity contribution in [2.24, 2.45) is 5.41 Å². The molecule has 0 radical (unpaired) electrons. The average molecular weight is 403 g/mol. The Morgan fingerprint density at radius 2 is 1.74 bits per heavy atom. The largest absolute Gasteiger partial charge is 0.477 e. The second-order valence-corrected chi connectivity index (χ2v) is 7.11. The van der Waals surface area contributed by atoms with E-state index in [4.69, 9.17) is 11.6 Å². The first-order chi connectivity index (χ1) is 12.2. The van der Waals surface area contributed by atoms with E-state index >= 15 is 0 Å². The molecular weight excluding hydrogens is 389 g/mol. The fraction of sp³-hybridized carbons (Fsp3) is 0.294. The molecule has 144 valence electrons. The molecule has 1 heterocycles. The van der Waals surface area contributed by atoms with Gasteiger partial charge in [0.05, 0.1) is 16.3 Å². The first kappa shape index (κ1) is 20.6. The number of benzene rings is 1. The number of Topliss-reactive ketones (excluding diaryl/α,β-unsaturated/α-hetero) is 1. The molecule has 10 heteroatoms. The SMILES string of the molecule is CC(C)(C)C(=O)c1cc(C(=O)O)c(=O)n(-c2ccc(Cl)c(C(F)(F)F)c2)n1. The lowest BCUT2D eigenvalue weighted by molar-refractivity contribution is -0.137. The van der Waals surface area contributed by atoms with Gasteiger partial charge in [0.1, 0.15) is 11.3 Å². The van der Waals surface area contributed by atoms with Crippen molar-refractivity contribution >= 4 is 23.4 Å². The van der Waals surface area contributed by atoms with Crippen LogP contribution in [0.1, 0.15) is 47.2 Å². The Hall–Kier alpha value is -2.68. The van der Waals surface area contributed by atoms with Crippen molar-refractivity contribution in [1.29, 1.82) is 0 Å². The van der Waals surface area contributed by atoms with Crippen LogP contribution in [0.15, 0.2) is 29.1 Å². The van der Waals surface area contributed by atoms with E-state index in [0.29, 0.717) is 10.7 Å². The third-order valence-corrected chi connectivity index (χ3v) is 3.89. The molecule has 0 saturated heterocycles. The normalized spacial score (nSPS) is 12.1. The van der Waals surface area contributed by atoms with E-state index in [1.54, 1.807) is 20.8 Å². The molecule has 0 fully saturated rings. The van der Waals surface area contributed by atoms with Crippen LogP contribution >= 0.6 is 11.6 Å². The Bertz CT molecular complexity index is 991. The Morgan fingerprint density at radius 1 is 1.15 bits per heavy atom. The van der Waals surface area contributed by atoms with Crippen LogP contribution in [-0.4, -0.2) is 26.6 Å². The van der Waals surface area contributed by atoms with Gasteiger partial charge >= 0.3 is 12.1 Å². The van der Waals surface area contributed by atoms with Crippen molar-refractivity contribution in [3.8, 4) is 5.69 Å². The van der Waals surface area contributed by atoms with Crippen molar-refractivity contribution in [2.45, 2.75) is 26.9 Å². The maximum absolute atomic E-state index is 13.1. The second kappa shape index (κ2) is 6.80. The van der Waals surface area contributed by atoms with Gasteiger partial charge in [-0.2, -0.15) is 23.0 Å². The fourth-order valence-corrected chi connectivity index (χ4v) is 2.40. The molecule has 0 spiro atoms. The van der Waals surface area contributed by atoms with Gasteiger partial charge in [0, 0.05) is 5.41 Å². The highest BCUT2D eigenvalue weighted by Gasteiger charge is 2.34. The van der Waals surface area contributed by atoms with Crippen molar-refractivity contribution in [1.82, 2.24) is 9.78 Å². The zero-order valence-electron chi connectivity index (χ0n) is 14.4. The molecule has 6 nitrogen and oxygen atoms in total. The molecular formula is C17H14ClF3N2O4. The standard InChI is InChI=1S/C17H14ClF3N2O4/c1-16(2,3)13(24)12-7-9(15(26)27)14(25)23(22-12)8-4-5-11(18)10(6-8)17(19,20)21/h4-7H,1-3H3,(H,26,27). The van der Waals surface area contributed by atoms with Crippen molar-refractivity contribution in [3.63, 3.8) is 0 Å². The number of carbonyl (C=O) groups excluding carboxylic acids is 1. The van der Waals surface area contributed by atoms with Crippen molar-refractivity contribution in [2.75, 3.05) is 0 Å². The lowest BCUT2D eigenvalue weighted by Gasteiger charge is -2.17. The highest BCUT2D eigenvalue weighted by Crippen LogP contribution is 2.35. The predicted molar refractivity (Wildman–Crippen MR) is 90.6 cm³/mol. The Kier molecular flexibility index (Phi) is 5.20. The minimum atomic E-state index is -4.80. The van der Waals surface area contributed by atoms with Gasteiger partial charge in [-0.25, -0.2) is 4.79 Å². The van der Waals surface area contributed by atoms with Crippen LogP contribution in [0.4, 0.5) is 13.2 Å². The minimum absolute atomic E-state index is 0.358. The maximum atomic E-state index is 13.1. The summed E-state index contributed by atoms with van der Waals surface area (Å²) >= 11 is 5.56. The zero-order chi connectivity index (χ0) is 20.7. The topological polar surface area (TPSA) is 89.3 Å². The average Bonchev–Trinajstić information content (AvgIpc) is 2.53. The number of alkyl halides is 3. The molecule has 2 rings (SSSR count). The van der Waals surface area contributed by atoms with Gasteiger partial charge in [0.2, 0.25) is 0 Å². The molecule has 2 aromatic rings. The van der Waals surface area contributed by atoms with Gasteiger partial charge in [-0.1, -0.05) is 32.4 Å². The molecule has 27 heavy (non-hydrogen) atoms. The van der Waals surface area contributed by atoms with Gasteiger partial charge in [0.25, 0.3) is 5.56 Å². The van der Waals surface area contributed by atoms with Crippen LogP contribution in [0.2, 0.25) is 5.02 Å². The van der Waals surface area contributed by atoms with E-state index in [9.17, 15) is 32.7 Å². The Balaban J connectivity index is 2.81. The molecule has 1 aromatic heterocycles. The molecule has 0 bridgehead atoms. The summed E-state index contributed by atoms with van der Waals surface area (Å²) in [6, 6.07) is 3.36. The molecule has 1 aromatic carbocycles. The third kappa shape index (κ3) is 4.19. The number of carbonyl (C=O) groups is 2. The van der Waals surface area contributed by atoms with Gasteiger partial charge < -0.3 is 5.11 Å². The van der Waals surface area contributed by atoms with Crippen LogP contribution in [0.5, 0.6) is 0 Å². The predicted octanol–water partition coefficient (Wildman–Crippen LogP) is 3.83. The number of nitrogens with zero attached hydrogens (tertiary/aromatic N) is 2. The molecule has 0 atom stereocenters. The summed E-state index contributed by atoms with van der Waals surface area (Å²) in [7, 11) is 0. The van der Waals surface area contributed by atoms with Crippen molar-refractivity contribution in [3.05, 3.63) is 56.5 Å². The van der Waals surface area contributed by atoms with Crippen molar-refractivity contribution < 1.29 is 27.9 Å². The second-order valence-electron chi connectivity index (χ2n) is 6.71. The summed E-state index contributed by atoms with van der Waals surface area (Å²) in [5.74, 6) is -2.21. The number of carboxylic acids is 1. The van der Waals surface area contributed by atoms with Gasteiger partial charge in [-0.05, 0) is 24.3 Å². The first-order valence-electron chi connectivity index (χ1n) is 7.53. The maximum Gasteiger partial charge on any atom is 0.417 e. The number of ketones is 1. The fourth-order valence-electron chi connectivity index (χ4n) is 2.18. The van der Waals surface area contributed by atoms with E-state index in [0.717, 1.165) is 18.2 Å². The lowest BCUT2D eigenvalue weighted by atomic mass is 9.88. The van der Waals surface area contributed by atoms with E-state index < -0.39 is 45.1 Å². The summed E-state index contributed by atoms with van der Waals surface area (Å²) in [6.07, 6.45) is -4.80. The van der Waals surface area contributed by atoms with Gasteiger partial charge in [-0.15, -0.1) is 0 Å². The highest BCUT2D eigenvalue weighted by atomic mass is 35.5. The van der Waals surface area contributed by atoms with Crippen LogP contribution in [0.3, 0.4) is 0 Å². The zero-order valence-corrected chi connectivity index (χ0v) is 15.1. The minimum Gasteiger partial charge on any atom is -0.477 e. The number of halogens is 4. The number of aromatic carboxylic acids is 1. The molecule has 0 aliphatic rings. The molecule has 0 aliphatic carbocycles. The summed E-state index contributed by atoms with van der Waals surface area (Å²) in [4.78, 5) is 36.2. The van der Waals surface area contributed by atoms with E-state index in [1.807, 2.05) is 0 Å². The van der Waals surface area contributed by atoms with Crippen LogP contribution in [0.25, 0.3) is 5.69 Å². The number of hydrogen-bond donors (Lipinski definition) is 1. The van der Waals surface area contributed by atoms with Gasteiger partial charge in [-0.3, -0.25) is 9.59 Å². The summed E-state index contributed by atoms with van der Waals surface area (Å²) in [5.41, 5.74) is -4.88. The van der Waals surface area contributed by atoms with Gasteiger partial charge in [0.15, 0.2) is 5.78 Å². The number of carboxylic acid groups (broad SMARTS) is 1. The Morgan fingerprint density at radius 3 is 2.22 bits per heavy atom. The number of aromatic nitrogens is 2. The van der Waals surface area contributed by atoms with Crippen LogP contribution in [0, 0.1) is 5.41 Å². The molecule has 0 amide bonds. The molecule has 1 N–H and O–H groups in total. The van der Waals surface area contributed by atoms with E-state index in [-0.39, 0.29) is 11.4 Å². The monoisotopic (exact) mass is 402 g/mol. The molecule has 0 aliphatic heterocycles. The molecule has 0 unspecified atom stereocenters. The third-order valence-electron chi connectivity index (χ3n) is 3.56. The quantitative estimate of drug-likeness (QED) is 0.788. The summed E-state index contributed by atoms with van der Waals surface area (Å²) in [6.45, 7) is 4.66. The van der Waals surface area contributed by atoms with E-state index in [2.05, 4.69) is 5.10 Å². The first-order valence-corrected chi connectivity index (χ1v) is 7.91. The summed E-state index contributed by atoms with van der Waals surface area (Å²) < 4.78 is 39.7. The van der Waals surface area contributed by atoms with E-state index in [1.165, 1.54) is 0 Å². The Labute approximate surface area is 156 Å². The molecule has 0 saturated carbocycles. The highest BCUT2D eigenvalue weighted by molar-refractivity contribution is 6.31. The number of rotatable bonds is 3.